The molecule has 0 fully saturated rings. The van der Waals surface area contributed by atoms with Crippen molar-refractivity contribution in [2.75, 3.05) is 0 Å². The highest BCUT2D eigenvalue weighted by Gasteiger charge is 2.00. The van der Waals surface area contributed by atoms with E-state index in [2.05, 4.69) is 38.3 Å². The summed E-state index contributed by atoms with van der Waals surface area (Å²) in [6.45, 7) is 0.483. The molecule has 0 atom stereocenters. The number of nitrogens with two attached hydrogens (primary N) is 1. The first-order valence-corrected chi connectivity index (χ1v) is 5.55. The van der Waals surface area contributed by atoms with Crippen molar-refractivity contribution < 1.29 is 0 Å². The lowest BCUT2D eigenvalue weighted by Gasteiger charge is -1.98. The number of H-pyrrole nitrogens is 1. The minimum absolute atomic E-state index is 0.483. The molecule has 3 N–H and O–H groups in total. The van der Waals surface area contributed by atoms with Crippen LogP contribution in [0, 0.1) is 0 Å². The fourth-order valence-corrected chi connectivity index (χ4v) is 1.69. The van der Waals surface area contributed by atoms with Crippen molar-refractivity contribution >= 4 is 15.9 Å². The number of aromatic nitrogens is 2. The third kappa shape index (κ3) is 2.67. The third-order valence-corrected chi connectivity index (χ3v) is 2.73. The van der Waals surface area contributed by atoms with E-state index in [0.29, 0.717) is 6.54 Å². The molecule has 0 bridgehead atoms. The number of nitrogens with one attached hydrogen (secondary N) is 1. The van der Waals surface area contributed by atoms with Crippen LogP contribution in [-0.2, 0) is 13.0 Å². The monoisotopic (exact) mass is 265 g/mol. The second kappa shape index (κ2) is 4.59. The topological polar surface area (TPSA) is 54.7 Å². The van der Waals surface area contributed by atoms with Crippen molar-refractivity contribution in [2.45, 2.75) is 13.0 Å². The highest BCUT2D eigenvalue weighted by atomic mass is 79.9. The van der Waals surface area contributed by atoms with E-state index in [-0.39, 0.29) is 0 Å². The Labute approximate surface area is 96.8 Å². The van der Waals surface area contributed by atoms with Gasteiger partial charge in [-0.1, -0.05) is 28.1 Å². The first-order valence-electron chi connectivity index (χ1n) is 4.75. The second-order valence-corrected chi connectivity index (χ2v) is 4.31. The van der Waals surface area contributed by atoms with Crippen molar-refractivity contribution in [3.05, 3.63) is 51.8 Å². The van der Waals surface area contributed by atoms with Crippen LogP contribution in [-0.4, -0.2) is 10.2 Å². The van der Waals surface area contributed by atoms with E-state index in [1.54, 1.807) is 0 Å². The zero-order chi connectivity index (χ0) is 10.7. The molecule has 1 heterocycles. The molecule has 2 aromatic rings. The number of nitrogens with zero attached hydrogens (tertiary/aromatic N) is 1. The van der Waals surface area contributed by atoms with Gasteiger partial charge in [0, 0.05) is 23.1 Å². The summed E-state index contributed by atoms with van der Waals surface area (Å²) >= 11 is 3.41. The van der Waals surface area contributed by atoms with Crippen LogP contribution in [0.4, 0.5) is 0 Å². The molecule has 15 heavy (non-hydrogen) atoms. The van der Waals surface area contributed by atoms with Crippen LogP contribution in [0.1, 0.15) is 17.0 Å². The molecule has 0 aliphatic rings. The van der Waals surface area contributed by atoms with Crippen LogP contribution < -0.4 is 5.73 Å². The maximum atomic E-state index is 5.49. The standard InChI is InChI=1S/C11H12BrN3/c12-9-3-1-8(2-4-9)5-10-6-11(7-13)15-14-10/h1-4,6H,5,7,13H2,(H,14,15). The summed E-state index contributed by atoms with van der Waals surface area (Å²) in [5.41, 5.74) is 8.74. The predicted molar refractivity (Wildman–Crippen MR) is 63.4 cm³/mol. The summed E-state index contributed by atoms with van der Waals surface area (Å²) in [6, 6.07) is 10.3. The molecule has 0 saturated carbocycles. The van der Waals surface area contributed by atoms with Crippen LogP contribution in [0.25, 0.3) is 0 Å². The number of aromatic amines is 1. The second-order valence-electron chi connectivity index (χ2n) is 3.39. The molecule has 0 aliphatic heterocycles. The molecule has 0 amide bonds. The smallest absolute Gasteiger partial charge is 0.0760 e. The van der Waals surface area contributed by atoms with Crippen LogP contribution in [0.15, 0.2) is 34.8 Å². The van der Waals surface area contributed by atoms with E-state index in [1.165, 1.54) is 5.56 Å². The van der Waals surface area contributed by atoms with E-state index < -0.39 is 0 Å². The number of hydrogen-bond acceptors (Lipinski definition) is 2. The molecule has 0 spiro atoms. The van der Waals surface area contributed by atoms with Gasteiger partial charge in [0.1, 0.15) is 0 Å². The molecule has 2 rings (SSSR count). The molecule has 0 radical (unpaired) electrons. The SMILES string of the molecule is NCc1cc(Cc2ccc(Br)cc2)[nH]n1. The molecular weight excluding hydrogens is 254 g/mol. The van der Waals surface area contributed by atoms with Gasteiger partial charge in [-0.3, -0.25) is 5.10 Å². The quantitative estimate of drug-likeness (QED) is 0.895. The molecule has 1 aromatic carbocycles. The van der Waals surface area contributed by atoms with E-state index in [4.69, 9.17) is 5.73 Å². The Morgan fingerprint density at radius 1 is 1.27 bits per heavy atom. The number of halogens is 1. The summed E-state index contributed by atoms with van der Waals surface area (Å²) < 4.78 is 1.10. The van der Waals surface area contributed by atoms with Gasteiger partial charge in [0.15, 0.2) is 0 Å². The number of hydrogen-bond donors (Lipinski definition) is 2. The maximum absolute atomic E-state index is 5.49. The van der Waals surface area contributed by atoms with Crippen molar-refractivity contribution in [3.63, 3.8) is 0 Å². The first kappa shape index (κ1) is 10.4. The number of rotatable bonds is 3. The Bertz CT molecular complexity index is 433. The Morgan fingerprint density at radius 3 is 2.60 bits per heavy atom. The van der Waals surface area contributed by atoms with Gasteiger partial charge in [-0.25, -0.2) is 0 Å². The summed E-state index contributed by atoms with van der Waals surface area (Å²) in [5.74, 6) is 0. The van der Waals surface area contributed by atoms with Gasteiger partial charge >= 0.3 is 0 Å². The normalized spacial score (nSPS) is 10.5. The van der Waals surface area contributed by atoms with Crippen molar-refractivity contribution in [2.24, 2.45) is 5.73 Å². The summed E-state index contributed by atoms with van der Waals surface area (Å²) in [4.78, 5) is 0. The van der Waals surface area contributed by atoms with Gasteiger partial charge in [0.2, 0.25) is 0 Å². The molecule has 78 valence electrons. The van der Waals surface area contributed by atoms with E-state index >= 15 is 0 Å². The van der Waals surface area contributed by atoms with Crippen LogP contribution >= 0.6 is 15.9 Å². The van der Waals surface area contributed by atoms with E-state index in [1.807, 2.05) is 18.2 Å². The fourth-order valence-electron chi connectivity index (χ4n) is 1.43. The lowest BCUT2D eigenvalue weighted by molar-refractivity contribution is 0.928. The minimum atomic E-state index is 0.483. The Kier molecular flexibility index (Phi) is 3.18. The molecule has 3 nitrogen and oxygen atoms in total. The lowest BCUT2D eigenvalue weighted by atomic mass is 10.1. The molecule has 0 unspecified atom stereocenters. The zero-order valence-electron chi connectivity index (χ0n) is 8.20. The molecule has 0 aliphatic carbocycles. The average molecular weight is 266 g/mol. The highest BCUT2D eigenvalue weighted by Crippen LogP contribution is 2.13. The van der Waals surface area contributed by atoms with Crippen molar-refractivity contribution in [1.82, 2.24) is 10.2 Å². The fraction of sp³-hybridized carbons (Fsp3) is 0.182. The zero-order valence-corrected chi connectivity index (χ0v) is 9.79. The van der Waals surface area contributed by atoms with Gasteiger partial charge in [-0.2, -0.15) is 5.10 Å². The Morgan fingerprint density at radius 2 is 2.00 bits per heavy atom. The summed E-state index contributed by atoms with van der Waals surface area (Å²) in [5, 5.41) is 7.07. The van der Waals surface area contributed by atoms with Crippen LogP contribution in [0.2, 0.25) is 0 Å². The van der Waals surface area contributed by atoms with Gasteiger partial charge in [0.05, 0.1) is 5.69 Å². The van der Waals surface area contributed by atoms with Gasteiger partial charge in [0.25, 0.3) is 0 Å². The van der Waals surface area contributed by atoms with Crippen LogP contribution in [0.3, 0.4) is 0 Å². The van der Waals surface area contributed by atoms with Gasteiger partial charge in [-0.15, -0.1) is 0 Å². The molecule has 4 heteroatoms. The minimum Gasteiger partial charge on any atom is -0.325 e. The van der Waals surface area contributed by atoms with E-state index in [9.17, 15) is 0 Å². The average Bonchev–Trinajstić information content (AvgIpc) is 2.69. The Balaban J connectivity index is 2.11. The van der Waals surface area contributed by atoms with Crippen LogP contribution in [0.5, 0.6) is 0 Å². The third-order valence-electron chi connectivity index (χ3n) is 2.20. The molecule has 0 saturated heterocycles. The van der Waals surface area contributed by atoms with E-state index in [0.717, 1.165) is 22.3 Å². The summed E-state index contributed by atoms with van der Waals surface area (Å²) in [6.07, 6.45) is 0.861. The largest absolute Gasteiger partial charge is 0.325 e. The van der Waals surface area contributed by atoms with Crippen molar-refractivity contribution in [1.29, 1.82) is 0 Å². The van der Waals surface area contributed by atoms with Gasteiger partial charge < -0.3 is 5.73 Å². The highest BCUT2D eigenvalue weighted by molar-refractivity contribution is 9.10. The number of benzene rings is 1. The van der Waals surface area contributed by atoms with Crippen molar-refractivity contribution in [3.8, 4) is 0 Å². The van der Waals surface area contributed by atoms with Gasteiger partial charge in [-0.05, 0) is 23.8 Å². The lowest BCUT2D eigenvalue weighted by Crippen LogP contribution is -1.95. The molecular formula is C11H12BrN3. The Hall–Kier alpha value is -1.13. The first-order chi connectivity index (χ1) is 7.28. The maximum Gasteiger partial charge on any atom is 0.0760 e. The summed E-state index contributed by atoms with van der Waals surface area (Å²) in [7, 11) is 0. The molecule has 1 aromatic heterocycles. The predicted octanol–water partition coefficient (Wildman–Crippen LogP) is 2.22.